The second kappa shape index (κ2) is 16.5. The van der Waals surface area contributed by atoms with Crippen LogP contribution in [0.2, 0.25) is 0 Å². The van der Waals surface area contributed by atoms with E-state index in [2.05, 4.69) is 30.6 Å². The van der Waals surface area contributed by atoms with E-state index in [1.165, 1.54) is 25.0 Å². The molecule has 0 unspecified atom stereocenters. The first-order valence-electron chi connectivity index (χ1n) is 9.65. The first kappa shape index (κ1) is 29.8. The van der Waals surface area contributed by atoms with E-state index in [1.54, 1.807) is 0 Å². The van der Waals surface area contributed by atoms with Crippen molar-refractivity contribution < 1.29 is 48.9 Å². The van der Waals surface area contributed by atoms with Gasteiger partial charge in [-0.2, -0.15) is 0 Å². The molecular weight excluding hydrogens is 490 g/mol. The molecule has 2 amide bonds. The molecule has 14 nitrogen and oxygen atoms in total. The number of aromatic nitrogens is 4. The topological polar surface area (TPSA) is 242 Å². The molecule has 0 spiro atoms. The Balaban J connectivity index is 0.000000602. The predicted molar refractivity (Wildman–Crippen MR) is 111 cm³/mol. The summed E-state index contributed by atoms with van der Waals surface area (Å²) in [6, 6.07) is -1.92. The number of aliphatic carboxylic acids is 2. The maximum Gasteiger partial charge on any atom is 0.326 e. The molecule has 0 fully saturated rings. The van der Waals surface area contributed by atoms with Crippen molar-refractivity contribution in [2.45, 2.75) is 37.8 Å². The number of nitrogens with one attached hydrogen (secondary N) is 4. The molecule has 0 aliphatic heterocycles. The monoisotopic (exact) mass is 516 g/mol. The van der Waals surface area contributed by atoms with Crippen LogP contribution in [0.5, 0.6) is 0 Å². The van der Waals surface area contributed by atoms with Gasteiger partial charge in [-0.1, -0.05) is 0 Å². The summed E-state index contributed by atoms with van der Waals surface area (Å²) in [7, 11) is 0. The first-order chi connectivity index (χ1) is 15.3. The molecule has 33 heavy (non-hydrogen) atoms. The van der Waals surface area contributed by atoms with E-state index in [0.29, 0.717) is 11.4 Å². The number of nitrogens with zero attached hydrogens (tertiary/aromatic N) is 2. The Bertz CT molecular complexity index is 776. The number of imidazole rings is 2. The number of H-pyrrole nitrogens is 2. The molecule has 10 N–H and O–H groups in total. The van der Waals surface area contributed by atoms with E-state index in [4.69, 9.17) is 21.7 Å². The molecule has 2 aromatic heterocycles. The zero-order valence-electron chi connectivity index (χ0n) is 18.0. The van der Waals surface area contributed by atoms with Crippen LogP contribution in [0, 0.1) is 0 Å². The number of amides is 2. The second-order valence-electron chi connectivity index (χ2n) is 6.56. The molecule has 2 aromatic rings. The summed E-state index contributed by atoms with van der Waals surface area (Å²) in [5, 5.41) is 22.6. The fourth-order valence-electron chi connectivity index (χ4n) is 2.43. The van der Waals surface area contributed by atoms with E-state index >= 15 is 0 Å². The summed E-state index contributed by atoms with van der Waals surface area (Å²) < 4.78 is 0. The second-order valence-corrected chi connectivity index (χ2v) is 6.56. The Labute approximate surface area is 202 Å². The first-order valence-corrected chi connectivity index (χ1v) is 9.65. The van der Waals surface area contributed by atoms with Crippen LogP contribution in [0.15, 0.2) is 25.0 Å². The van der Waals surface area contributed by atoms with E-state index in [-0.39, 0.29) is 70.1 Å². The van der Waals surface area contributed by atoms with Gasteiger partial charge >= 0.3 is 11.9 Å². The van der Waals surface area contributed by atoms with Crippen LogP contribution in [0.3, 0.4) is 0 Å². The molecule has 2 rings (SSSR count). The zero-order valence-corrected chi connectivity index (χ0v) is 21.0. The Kier molecular flexibility index (Phi) is 14.9. The van der Waals surface area contributed by atoms with Crippen LogP contribution in [0.1, 0.15) is 24.2 Å². The van der Waals surface area contributed by atoms with Gasteiger partial charge in [0, 0.05) is 82.0 Å². The molecule has 2 heterocycles. The molecule has 0 aliphatic rings. The van der Waals surface area contributed by atoms with Gasteiger partial charge in [-0.25, -0.2) is 19.6 Å². The summed E-state index contributed by atoms with van der Waals surface area (Å²) in [5.74, 6) is -2.90. The van der Waals surface area contributed by atoms with Crippen LogP contribution in [-0.4, -0.2) is 79.1 Å². The molecule has 0 radical (unpaired) electrons. The minimum atomic E-state index is -1.08. The summed E-state index contributed by atoms with van der Waals surface area (Å²) >= 11 is 0. The number of carbonyl (C=O) groups excluding carboxylic acids is 2. The van der Waals surface area contributed by atoms with Crippen molar-refractivity contribution in [1.29, 1.82) is 0 Å². The summed E-state index contributed by atoms with van der Waals surface area (Å²) in [4.78, 5) is 57.3. The number of carbonyl (C=O) groups is 4. The van der Waals surface area contributed by atoms with Crippen molar-refractivity contribution in [3.05, 3.63) is 36.4 Å². The molecule has 178 valence electrons. The van der Waals surface area contributed by atoms with Crippen molar-refractivity contribution in [1.82, 2.24) is 30.6 Å². The van der Waals surface area contributed by atoms with Crippen molar-refractivity contribution >= 4 is 23.8 Å². The molecule has 0 aliphatic carbocycles. The SMILES string of the molecule is NCCC(=O)N[C@@H](Cc1cnc[nH]1)C(=O)O.NCCC(=O)N[C@@H](Cc1cnc[nH]1)C(=O)O.[Zn]. The largest absolute Gasteiger partial charge is 0.480 e. The number of carboxylic acid groups (broad SMARTS) is 2. The van der Waals surface area contributed by atoms with Gasteiger partial charge in [0.2, 0.25) is 11.8 Å². The van der Waals surface area contributed by atoms with Crippen molar-refractivity contribution in [2.24, 2.45) is 11.5 Å². The third-order valence-corrected chi connectivity index (χ3v) is 3.97. The Hall–Kier alpha value is -3.16. The maximum absolute atomic E-state index is 11.2. The molecule has 0 saturated carbocycles. The minimum absolute atomic E-state index is 0. The Morgan fingerprint density at radius 3 is 1.42 bits per heavy atom. The quantitative estimate of drug-likeness (QED) is 0.140. The van der Waals surface area contributed by atoms with Gasteiger partial charge in [0.25, 0.3) is 0 Å². The van der Waals surface area contributed by atoms with Gasteiger partial charge in [0.05, 0.1) is 12.7 Å². The van der Waals surface area contributed by atoms with Crippen LogP contribution in [0.4, 0.5) is 0 Å². The number of carboxylic acids is 2. The van der Waals surface area contributed by atoms with Crippen LogP contribution in [-0.2, 0) is 51.5 Å². The van der Waals surface area contributed by atoms with Crippen molar-refractivity contribution in [2.75, 3.05) is 13.1 Å². The predicted octanol–water partition coefficient (Wildman–Crippen LogP) is -2.26. The van der Waals surface area contributed by atoms with Gasteiger partial charge in [-0.05, 0) is 0 Å². The van der Waals surface area contributed by atoms with Crippen LogP contribution < -0.4 is 22.1 Å². The van der Waals surface area contributed by atoms with Gasteiger partial charge < -0.3 is 42.3 Å². The van der Waals surface area contributed by atoms with Gasteiger partial charge in [-0.15, -0.1) is 0 Å². The average Bonchev–Trinajstić information content (AvgIpc) is 3.42. The normalized spacial score (nSPS) is 11.7. The van der Waals surface area contributed by atoms with Gasteiger partial charge in [-0.3, -0.25) is 9.59 Å². The Morgan fingerprint density at radius 1 is 0.818 bits per heavy atom. The molecule has 0 bridgehead atoms. The molecule has 15 heteroatoms. The van der Waals surface area contributed by atoms with E-state index < -0.39 is 24.0 Å². The van der Waals surface area contributed by atoms with Crippen molar-refractivity contribution in [3.63, 3.8) is 0 Å². The maximum atomic E-state index is 11.2. The molecule has 0 aromatic carbocycles. The standard InChI is InChI=1S/2C9H14N4O3.Zn/c2*10-2-1-8(14)13-7(9(15)16)3-6-4-11-5-12-6;/h2*4-5,7H,1-3,10H2,(H,11,12)(H,13,14)(H,15,16);/t2*7-;/m00./s1. The van der Waals surface area contributed by atoms with E-state index in [1.807, 2.05) is 0 Å². The van der Waals surface area contributed by atoms with E-state index in [0.717, 1.165) is 0 Å². The Morgan fingerprint density at radius 2 is 1.18 bits per heavy atom. The number of rotatable bonds is 12. The summed E-state index contributed by atoms with van der Waals surface area (Å²) in [6.45, 7) is 0.393. The summed E-state index contributed by atoms with van der Waals surface area (Å²) in [6.07, 6.45) is 6.53. The minimum Gasteiger partial charge on any atom is -0.480 e. The number of aromatic amines is 2. The number of hydrogen-bond acceptors (Lipinski definition) is 8. The zero-order chi connectivity index (χ0) is 23.9. The van der Waals surface area contributed by atoms with Gasteiger partial charge in [0.1, 0.15) is 12.1 Å². The molecule has 0 saturated heterocycles. The van der Waals surface area contributed by atoms with Gasteiger partial charge in [0.15, 0.2) is 0 Å². The van der Waals surface area contributed by atoms with E-state index in [9.17, 15) is 19.2 Å². The smallest absolute Gasteiger partial charge is 0.326 e. The van der Waals surface area contributed by atoms with Crippen LogP contribution >= 0.6 is 0 Å². The summed E-state index contributed by atoms with van der Waals surface area (Å²) in [5.41, 5.74) is 11.7. The number of nitrogens with two attached hydrogens (primary N) is 2. The fourth-order valence-corrected chi connectivity index (χ4v) is 2.43. The average molecular weight is 518 g/mol. The third-order valence-electron chi connectivity index (χ3n) is 3.97. The fraction of sp³-hybridized carbons (Fsp3) is 0.444. The van der Waals surface area contributed by atoms with Crippen LogP contribution in [0.25, 0.3) is 0 Å². The third kappa shape index (κ3) is 12.5. The molecular formula is C18H28N8O6Zn. The van der Waals surface area contributed by atoms with Crippen molar-refractivity contribution in [3.8, 4) is 0 Å². The molecule has 2 atom stereocenters. The number of hydrogen-bond donors (Lipinski definition) is 8.